The van der Waals surface area contributed by atoms with Crippen LogP contribution in [0.3, 0.4) is 0 Å². The summed E-state index contributed by atoms with van der Waals surface area (Å²) in [6.07, 6.45) is 4.43. The molecular weight excluding hydrogens is 496 g/mol. The number of anilines is 2. The molecule has 9 nitrogen and oxygen atoms in total. The van der Waals surface area contributed by atoms with Crippen LogP contribution in [0.25, 0.3) is 0 Å². The van der Waals surface area contributed by atoms with Crippen LogP contribution in [0, 0.1) is 11.8 Å². The summed E-state index contributed by atoms with van der Waals surface area (Å²) in [5.74, 6) is -0.265. The number of nitrogens with zero attached hydrogens (tertiary/aromatic N) is 2. The summed E-state index contributed by atoms with van der Waals surface area (Å²) >= 11 is 0. The van der Waals surface area contributed by atoms with Gasteiger partial charge in [-0.1, -0.05) is 50.5 Å². The van der Waals surface area contributed by atoms with Crippen LogP contribution in [-0.4, -0.2) is 71.6 Å². The Bertz CT molecular complexity index is 1150. The lowest BCUT2D eigenvalue weighted by Gasteiger charge is -2.38. The fourth-order valence-corrected chi connectivity index (χ4v) is 5.25. The summed E-state index contributed by atoms with van der Waals surface area (Å²) in [7, 11) is 1.70. The second-order valence-corrected chi connectivity index (χ2v) is 10.8. The molecule has 2 aromatic carbocycles. The summed E-state index contributed by atoms with van der Waals surface area (Å²) in [5.41, 5.74) is 1.46. The van der Waals surface area contributed by atoms with E-state index < -0.39 is 12.1 Å². The van der Waals surface area contributed by atoms with E-state index in [4.69, 9.17) is 4.74 Å². The molecule has 2 aliphatic rings. The van der Waals surface area contributed by atoms with Gasteiger partial charge in [-0.3, -0.25) is 9.59 Å². The van der Waals surface area contributed by atoms with Crippen molar-refractivity contribution in [3.8, 4) is 5.75 Å². The van der Waals surface area contributed by atoms with Gasteiger partial charge in [0.25, 0.3) is 5.91 Å². The van der Waals surface area contributed by atoms with E-state index >= 15 is 0 Å². The molecule has 0 aromatic heterocycles. The highest BCUT2D eigenvalue weighted by atomic mass is 16.5. The summed E-state index contributed by atoms with van der Waals surface area (Å²) in [5, 5.41) is 15.8. The Kier molecular flexibility index (Phi) is 9.45. The SMILES string of the molecule is C[C@H](CO)N1C[C@H](C)[C@@H](CN(C)C(=O)Nc2ccccc2)Oc2c(NC(=O)C3CCCCC3)cccc2C1=O. The second-order valence-electron chi connectivity index (χ2n) is 10.8. The first kappa shape index (κ1) is 28.4. The van der Waals surface area contributed by atoms with Gasteiger partial charge in [-0.2, -0.15) is 0 Å². The van der Waals surface area contributed by atoms with Crippen LogP contribution in [0.2, 0.25) is 0 Å². The number of carbonyl (C=O) groups is 3. The van der Waals surface area contributed by atoms with Crippen LogP contribution >= 0.6 is 0 Å². The van der Waals surface area contributed by atoms with Gasteiger partial charge in [-0.25, -0.2) is 4.79 Å². The van der Waals surface area contributed by atoms with Gasteiger partial charge in [-0.15, -0.1) is 0 Å². The van der Waals surface area contributed by atoms with Gasteiger partial charge in [0.2, 0.25) is 5.91 Å². The zero-order chi connectivity index (χ0) is 27.9. The summed E-state index contributed by atoms with van der Waals surface area (Å²) in [6, 6.07) is 13.7. The predicted molar refractivity (Wildman–Crippen MR) is 151 cm³/mol. The monoisotopic (exact) mass is 536 g/mol. The van der Waals surface area contributed by atoms with Crippen molar-refractivity contribution in [2.75, 3.05) is 37.4 Å². The number of aliphatic hydroxyl groups excluding tert-OH is 1. The van der Waals surface area contributed by atoms with E-state index in [1.54, 1.807) is 42.0 Å². The Hall–Kier alpha value is -3.59. The number of carbonyl (C=O) groups excluding carboxylic acids is 3. The number of fused-ring (bicyclic) bond motifs is 1. The quantitative estimate of drug-likeness (QED) is 0.479. The van der Waals surface area contributed by atoms with Crippen molar-refractivity contribution >= 4 is 29.2 Å². The molecule has 0 radical (unpaired) electrons. The van der Waals surface area contributed by atoms with Crippen LogP contribution in [0.1, 0.15) is 56.3 Å². The number of benzene rings is 2. The first-order valence-electron chi connectivity index (χ1n) is 13.9. The fraction of sp³-hybridized carbons (Fsp3) is 0.500. The largest absolute Gasteiger partial charge is 0.485 e. The third-order valence-corrected chi connectivity index (χ3v) is 7.75. The third kappa shape index (κ3) is 6.89. The third-order valence-electron chi connectivity index (χ3n) is 7.75. The number of aliphatic hydroxyl groups is 1. The molecule has 4 rings (SSSR count). The van der Waals surface area contributed by atoms with Gasteiger partial charge in [0.15, 0.2) is 5.75 Å². The Labute approximate surface area is 230 Å². The maximum atomic E-state index is 13.7. The van der Waals surface area contributed by atoms with E-state index in [9.17, 15) is 19.5 Å². The molecular formula is C30H40N4O5. The predicted octanol–water partition coefficient (Wildman–Crippen LogP) is 4.59. The van der Waals surface area contributed by atoms with Crippen molar-refractivity contribution in [2.45, 2.75) is 58.1 Å². The first-order valence-corrected chi connectivity index (χ1v) is 13.9. The Morgan fingerprint density at radius 2 is 1.79 bits per heavy atom. The van der Waals surface area contributed by atoms with Crippen LogP contribution in [0.15, 0.2) is 48.5 Å². The number of ether oxygens (including phenoxy) is 1. The van der Waals surface area contributed by atoms with Gasteiger partial charge in [-0.05, 0) is 44.0 Å². The lowest BCUT2D eigenvalue weighted by Crippen LogP contribution is -2.50. The van der Waals surface area contributed by atoms with Gasteiger partial charge < -0.3 is 30.3 Å². The molecule has 4 amide bonds. The summed E-state index contributed by atoms with van der Waals surface area (Å²) in [6.45, 7) is 4.18. The van der Waals surface area contributed by atoms with Crippen molar-refractivity contribution in [3.63, 3.8) is 0 Å². The molecule has 1 heterocycles. The number of rotatable bonds is 7. The highest BCUT2D eigenvalue weighted by molar-refractivity contribution is 6.02. The van der Waals surface area contributed by atoms with E-state index in [1.807, 2.05) is 37.3 Å². The van der Waals surface area contributed by atoms with Crippen LogP contribution in [-0.2, 0) is 4.79 Å². The molecule has 1 aliphatic heterocycles. The fourth-order valence-electron chi connectivity index (χ4n) is 5.25. The number of para-hydroxylation sites is 2. The number of likely N-dealkylation sites (N-methyl/N-ethyl adjacent to an activating group) is 1. The number of urea groups is 1. The molecule has 9 heteroatoms. The minimum Gasteiger partial charge on any atom is -0.485 e. The lowest BCUT2D eigenvalue weighted by molar-refractivity contribution is -0.120. The Balaban J connectivity index is 1.62. The highest BCUT2D eigenvalue weighted by Gasteiger charge is 2.35. The van der Waals surface area contributed by atoms with Crippen LogP contribution in [0.4, 0.5) is 16.2 Å². The molecule has 0 bridgehead atoms. The summed E-state index contributed by atoms with van der Waals surface area (Å²) in [4.78, 5) is 43.0. The number of hydrogen-bond acceptors (Lipinski definition) is 5. The van der Waals surface area contributed by atoms with Crippen LogP contribution in [0.5, 0.6) is 5.75 Å². The minimum atomic E-state index is -0.482. The van der Waals surface area contributed by atoms with Crippen molar-refractivity contribution in [1.82, 2.24) is 9.80 Å². The van der Waals surface area contributed by atoms with Gasteiger partial charge >= 0.3 is 6.03 Å². The number of amides is 4. The van der Waals surface area contributed by atoms with Crippen molar-refractivity contribution in [3.05, 3.63) is 54.1 Å². The molecule has 1 saturated carbocycles. The molecule has 1 aliphatic carbocycles. The van der Waals surface area contributed by atoms with E-state index in [0.29, 0.717) is 29.2 Å². The molecule has 2 aromatic rings. The highest BCUT2D eigenvalue weighted by Crippen LogP contribution is 2.36. The van der Waals surface area contributed by atoms with E-state index in [2.05, 4.69) is 10.6 Å². The average molecular weight is 537 g/mol. The smallest absolute Gasteiger partial charge is 0.321 e. The first-order chi connectivity index (χ1) is 18.8. The van der Waals surface area contributed by atoms with E-state index in [1.165, 1.54) is 0 Å². The molecule has 39 heavy (non-hydrogen) atoms. The number of hydrogen-bond donors (Lipinski definition) is 3. The zero-order valence-corrected chi connectivity index (χ0v) is 23.1. The molecule has 0 unspecified atom stereocenters. The van der Waals surface area contributed by atoms with E-state index in [0.717, 1.165) is 32.1 Å². The molecule has 0 spiro atoms. The van der Waals surface area contributed by atoms with Crippen molar-refractivity contribution < 1.29 is 24.2 Å². The molecule has 0 saturated heterocycles. The molecule has 1 fully saturated rings. The van der Waals surface area contributed by atoms with Gasteiger partial charge in [0.05, 0.1) is 30.4 Å². The Morgan fingerprint density at radius 3 is 2.49 bits per heavy atom. The standard InChI is InChI=1S/C30H40N4O5/c1-20-17-34(21(2)19-35)29(37)24-15-10-16-25(32-28(36)22-11-6-4-7-12-22)27(24)39-26(20)18-33(3)30(38)31-23-13-8-5-9-14-23/h5,8-10,13-16,20-22,26,35H,4,6-7,11-12,17-19H2,1-3H3,(H,31,38)(H,32,36)/t20-,21+,26+/m0/s1. The summed E-state index contributed by atoms with van der Waals surface area (Å²) < 4.78 is 6.53. The van der Waals surface area contributed by atoms with Crippen LogP contribution < -0.4 is 15.4 Å². The molecule has 3 N–H and O–H groups in total. The second kappa shape index (κ2) is 13.0. The van der Waals surface area contributed by atoms with E-state index in [-0.39, 0.29) is 42.8 Å². The Morgan fingerprint density at radius 1 is 1.08 bits per heavy atom. The average Bonchev–Trinajstić information content (AvgIpc) is 2.95. The molecule has 210 valence electrons. The maximum absolute atomic E-state index is 13.7. The topological polar surface area (TPSA) is 111 Å². The number of nitrogens with one attached hydrogen (secondary N) is 2. The van der Waals surface area contributed by atoms with Gasteiger partial charge in [0.1, 0.15) is 6.10 Å². The normalized spacial score (nSPS) is 20.6. The van der Waals surface area contributed by atoms with Crippen molar-refractivity contribution in [2.24, 2.45) is 11.8 Å². The maximum Gasteiger partial charge on any atom is 0.321 e. The van der Waals surface area contributed by atoms with Gasteiger partial charge in [0, 0.05) is 31.1 Å². The lowest BCUT2D eigenvalue weighted by atomic mass is 9.88. The zero-order valence-electron chi connectivity index (χ0n) is 23.1. The molecule has 3 atom stereocenters. The minimum absolute atomic E-state index is 0.0627. The van der Waals surface area contributed by atoms with Crippen molar-refractivity contribution in [1.29, 1.82) is 0 Å².